The van der Waals surface area contributed by atoms with Crippen LogP contribution in [0.2, 0.25) is 0 Å². The van der Waals surface area contributed by atoms with Crippen LogP contribution in [0.4, 0.5) is 15.8 Å². The highest BCUT2D eigenvalue weighted by molar-refractivity contribution is 5.90. The second kappa shape index (κ2) is 4.66. The molecule has 0 saturated carbocycles. The number of carbonyl (C=O) groups is 1. The fraction of sp³-hybridized carbons (Fsp3) is 0.133. The molecule has 2 aromatic rings. The lowest BCUT2D eigenvalue weighted by Crippen LogP contribution is -2.07. The number of hydrogen-bond acceptors (Lipinski definition) is 3. The van der Waals surface area contributed by atoms with Crippen molar-refractivity contribution in [3.05, 3.63) is 57.4 Å². The number of amides is 1. The van der Waals surface area contributed by atoms with E-state index in [4.69, 9.17) is 0 Å². The molecule has 0 atom stereocenters. The monoisotopic (exact) mass is 286 g/mol. The second-order valence-corrected chi connectivity index (χ2v) is 4.95. The minimum atomic E-state index is -0.518. The molecule has 0 aliphatic heterocycles. The summed E-state index contributed by atoms with van der Waals surface area (Å²) in [5.74, 6) is -0.866. The molecule has 0 unspecified atom stereocenters. The topological polar surface area (TPSA) is 72.2 Å². The molecule has 6 heteroatoms. The summed E-state index contributed by atoms with van der Waals surface area (Å²) >= 11 is 0. The van der Waals surface area contributed by atoms with Gasteiger partial charge in [0.05, 0.1) is 10.6 Å². The molecule has 0 fully saturated rings. The van der Waals surface area contributed by atoms with E-state index in [-0.39, 0.29) is 17.3 Å². The molecule has 106 valence electrons. The highest BCUT2D eigenvalue weighted by Gasteiger charge is 2.23. The smallest absolute Gasteiger partial charge is 0.269 e. The Morgan fingerprint density at radius 3 is 2.62 bits per heavy atom. The van der Waals surface area contributed by atoms with Crippen LogP contribution < -0.4 is 5.32 Å². The van der Waals surface area contributed by atoms with Crippen LogP contribution in [0.25, 0.3) is 11.1 Å². The zero-order valence-electron chi connectivity index (χ0n) is 11.1. The van der Waals surface area contributed by atoms with Crippen LogP contribution in [-0.4, -0.2) is 10.8 Å². The molecule has 2 aromatic carbocycles. The molecule has 1 amide bonds. The summed E-state index contributed by atoms with van der Waals surface area (Å²) < 4.78 is 14.0. The van der Waals surface area contributed by atoms with Gasteiger partial charge < -0.3 is 5.32 Å². The fourth-order valence-electron chi connectivity index (χ4n) is 2.61. The quantitative estimate of drug-likeness (QED) is 0.580. The lowest BCUT2D eigenvalue weighted by molar-refractivity contribution is -0.384. The number of benzene rings is 2. The Hall–Kier alpha value is -2.76. The number of nitrogens with one attached hydrogen (secondary N) is 1. The molecular formula is C15H11FN2O3. The maximum absolute atomic E-state index is 14.0. The first kappa shape index (κ1) is 13.2. The van der Waals surface area contributed by atoms with Gasteiger partial charge in [-0.2, -0.15) is 0 Å². The lowest BCUT2D eigenvalue weighted by Gasteiger charge is -2.07. The van der Waals surface area contributed by atoms with Crippen LogP contribution in [-0.2, 0) is 11.2 Å². The molecule has 1 aliphatic rings. The van der Waals surface area contributed by atoms with Crippen molar-refractivity contribution in [1.29, 1.82) is 0 Å². The van der Waals surface area contributed by atoms with Crippen molar-refractivity contribution in [1.82, 2.24) is 0 Å². The summed E-state index contributed by atoms with van der Waals surface area (Å²) in [4.78, 5) is 21.4. The maximum atomic E-state index is 14.0. The number of nitrogens with zero attached hydrogens (tertiary/aromatic N) is 1. The van der Waals surface area contributed by atoms with Gasteiger partial charge in [-0.3, -0.25) is 14.9 Å². The lowest BCUT2D eigenvalue weighted by atomic mass is 10.0. The average Bonchev–Trinajstić information content (AvgIpc) is 2.75. The van der Waals surface area contributed by atoms with Gasteiger partial charge in [0.25, 0.3) is 5.69 Å². The van der Waals surface area contributed by atoms with E-state index in [2.05, 4.69) is 5.32 Å². The van der Waals surface area contributed by atoms with Crippen molar-refractivity contribution in [2.45, 2.75) is 13.3 Å². The molecule has 21 heavy (non-hydrogen) atoms. The van der Waals surface area contributed by atoms with Gasteiger partial charge in [0.1, 0.15) is 5.82 Å². The molecule has 3 rings (SSSR count). The first-order valence-electron chi connectivity index (χ1n) is 6.33. The SMILES string of the molecule is CC(=O)Nc1cc2c(cc1F)-c1ccc([N+](=O)[O-])cc1C2. The molecule has 0 saturated heterocycles. The number of non-ortho nitro benzene ring substituents is 1. The Morgan fingerprint density at radius 1 is 1.24 bits per heavy atom. The van der Waals surface area contributed by atoms with E-state index in [1.54, 1.807) is 12.1 Å². The normalized spacial score (nSPS) is 11.7. The van der Waals surface area contributed by atoms with Crippen LogP contribution in [0.5, 0.6) is 0 Å². The molecule has 1 N–H and O–H groups in total. The zero-order valence-corrected chi connectivity index (χ0v) is 11.1. The minimum Gasteiger partial charge on any atom is -0.324 e. The highest BCUT2D eigenvalue weighted by Crippen LogP contribution is 2.40. The maximum Gasteiger partial charge on any atom is 0.269 e. The average molecular weight is 286 g/mol. The van der Waals surface area contributed by atoms with Gasteiger partial charge >= 0.3 is 0 Å². The molecule has 5 nitrogen and oxygen atoms in total. The van der Waals surface area contributed by atoms with Crippen LogP contribution in [0.3, 0.4) is 0 Å². The molecule has 0 spiro atoms. The van der Waals surface area contributed by atoms with Crippen molar-refractivity contribution in [3.8, 4) is 11.1 Å². The van der Waals surface area contributed by atoms with Crippen molar-refractivity contribution >= 4 is 17.3 Å². The second-order valence-electron chi connectivity index (χ2n) is 4.95. The number of nitro benzene ring substituents is 1. The molecular weight excluding hydrogens is 275 g/mol. The van der Waals surface area contributed by atoms with Crippen molar-refractivity contribution in [3.63, 3.8) is 0 Å². The summed E-state index contributed by atoms with van der Waals surface area (Å²) in [5.41, 5.74) is 3.29. The highest BCUT2D eigenvalue weighted by atomic mass is 19.1. The molecule has 0 heterocycles. The molecule has 0 radical (unpaired) electrons. The Labute approximate surface area is 119 Å². The predicted molar refractivity (Wildman–Crippen MR) is 75.6 cm³/mol. The van der Waals surface area contributed by atoms with E-state index >= 15 is 0 Å². The van der Waals surface area contributed by atoms with Gasteiger partial charge in [-0.15, -0.1) is 0 Å². The molecule has 1 aliphatic carbocycles. The van der Waals surface area contributed by atoms with Crippen LogP contribution in [0.15, 0.2) is 30.3 Å². The Morgan fingerprint density at radius 2 is 1.95 bits per heavy atom. The van der Waals surface area contributed by atoms with E-state index < -0.39 is 10.7 Å². The summed E-state index contributed by atoms with van der Waals surface area (Å²) in [7, 11) is 0. The van der Waals surface area contributed by atoms with Crippen LogP contribution in [0, 0.1) is 15.9 Å². The van der Waals surface area contributed by atoms with E-state index in [1.165, 1.54) is 25.1 Å². The number of rotatable bonds is 2. The van der Waals surface area contributed by atoms with Gasteiger partial charge in [0, 0.05) is 19.1 Å². The third-order valence-electron chi connectivity index (χ3n) is 3.47. The molecule has 0 bridgehead atoms. The van der Waals surface area contributed by atoms with Crippen molar-refractivity contribution in [2.75, 3.05) is 5.32 Å². The number of anilines is 1. The number of nitro groups is 1. The number of halogens is 1. The van der Waals surface area contributed by atoms with E-state index in [0.29, 0.717) is 12.0 Å². The number of carbonyl (C=O) groups excluding carboxylic acids is 1. The van der Waals surface area contributed by atoms with Crippen LogP contribution >= 0.6 is 0 Å². The first-order valence-corrected chi connectivity index (χ1v) is 6.33. The largest absolute Gasteiger partial charge is 0.324 e. The van der Waals surface area contributed by atoms with Crippen LogP contribution in [0.1, 0.15) is 18.1 Å². The minimum absolute atomic E-state index is 0.0177. The Kier molecular flexibility index (Phi) is 2.94. The predicted octanol–water partition coefficient (Wildman–Crippen LogP) is 3.26. The van der Waals surface area contributed by atoms with Gasteiger partial charge in [0.2, 0.25) is 5.91 Å². The first-order chi connectivity index (χ1) is 9.95. The number of fused-ring (bicyclic) bond motifs is 3. The molecule has 0 aromatic heterocycles. The van der Waals surface area contributed by atoms with Crippen molar-refractivity contribution < 1.29 is 14.1 Å². The third-order valence-corrected chi connectivity index (χ3v) is 3.47. The summed E-state index contributed by atoms with van der Waals surface area (Å²) in [5, 5.41) is 13.2. The zero-order chi connectivity index (χ0) is 15.1. The van der Waals surface area contributed by atoms with Gasteiger partial charge in [-0.25, -0.2) is 4.39 Å². The van der Waals surface area contributed by atoms with Gasteiger partial charge in [-0.05, 0) is 46.9 Å². The van der Waals surface area contributed by atoms with Crippen molar-refractivity contribution in [2.24, 2.45) is 0 Å². The van der Waals surface area contributed by atoms with E-state index in [9.17, 15) is 19.3 Å². The van der Waals surface area contributed by atoms with E-state index in [0.717, 1.165) is 16.7 Å². The Balaban J connectivity index is 2.07. The Bertz CT molecular complexity index is 787. The summed E-state index contributed by atoms with van der Waals surface area (Å²) in [6, 6.07) is 7.49. The van der Waals surface area contributed by atoms with Gasteiger partial charge in [0.15, 0.2) is 0 Å². The van der Waals surface area contributed by atoms with E-state index in [1.807, 2.05) is 0 Å². The standard InChI is InChI=1S/C15H11FN2O3/c1-8(19)17-15-6-10-4-9-5-11(18(20)21)2-3-12(9)13(10)7-14(15)16/h2-3,5-7H,4H2,1H3,(H,17,19). The third kappa shape index (κ3) is 2.24. The van der Waals surface area contributed by atoms with Gasteiger partial charge in [-0.1, -0.05) is 0 Å². The fourth-order valence-corrected chi connectivity index (χ4v) is 2.61. The summed E-state index contributed by atoms with van der Waals surface area (Å²) in [6.07, 6.45) is 0.485. The summed E-state index contributed by atoms with van der Waals surface area (Å²) in [6.45, 7) is 1.31. The number of hydrogen-bond donors (Lipinski definition) is 1.